The molecule has 7 heteroatoms. The van der Waals surface area contributed by atoms with Crippen LogP contribution in [0.15, 0.2) is 35.3 Å². The van der Waals surface area contributed by atoms with Gasteiger partial charge in [0.2, 0.25) is 0 Å². The Labute approximate surface area is 176 Å². The third-order valence-corrected chi connectivity index (χ3v) is 5.52. The second-order valence-electron chi connectivity index (χ2n) is 5.45. The SMILES string of the molecule is CN=C(NCCCCSC)NCc1sc(-c2ccccc2)nc1C.I. The normalized spacial score (nSPS) is 11.1. The molecule has 0 unspecified atom stereocenters. The molecule has 0 saturated carbocycles. The zero-order valence-electron chi connectivity index (χ0n) is 15.0. The summed E-state index contributed by atoms with van der Waals surface area (Å²) in [5.41, 5.74) is 2.26. The summed E-state index contributed by atoms with van der Waals surface area (Å²) in [4.78, 5) is 10.2. The molecule has 4 nitrogen and oxygen atoms in total. The van der Waals surface area contributed by atoms with Gasteiger partial charge in [-0.2, -0.15) is 11.8 Å². The van der Waals surface area contributed by atoms with Gasteiger partial charge in [-0.25, -0.2) is 4.98 Å². The van der Waals surface area contributed by atoms with Crippen molar-refractivity contribution in [3.63, 3.8) is 0 Å². The van der Waals surface area contributed by atoms with Crippen LogP contribution >= 0.6 is 47.1 Å². The lowest BCUT2D eigenvalue weighted by Crippen LogP contribution is -2.37. The van der Waals surface area contributed by atoms with Crippen LogP contribution in [0.1, 0.15) is 23.4 Å². The number of hydrogen-bond acceptors (Lipinski definition) is 4. The van der Waals surface area contributed by atoms with E-state index in [2.05, 4.69) is 40.9 Å². The largest absolute Gasteiger partial charge is 0.356 e. The molecule has 0 atom stereocenters. The standard InChI is InChI=1S/C18H26N4S2.HI/c1-14-16(24-17(22-14)15-9-5-4-6-10-15)13-21-18(19-2)20-11-7-8-12-23-3;/h4-6,9-10H,7-8,11-13H2,1-3H3,(H2,19,20,21);1H. The first-order chi connectivity index (χ1) is 11.7. The Balaban J connectivity index is 0.00000312. The molecule has 2 N–H and O–H groups in total. The molecule has 0 bridgehead atoms. The molecule has 0 radical (unpaired) electrons. The molecular weight excluding hydrogens is 463 g/mol. The fraction of sp³-hybridized carbons (Fsp3) is 0.444. The van der Waals surface area contributed by atoms with Crippen molar-refractivity contribution in [2.75, 3.05) is 25.6 Å². The van der Waals surface area contributed by atoms with E-state index in [0.29, 0.717) is 0 Å². The number of nitrogens with zero attached hydrogens (tertiary/aromatic N) is 2. The molecule has 0 saturated heterocycles. The summed E-state index contributed by atoms with van der Waals surface area (Å²) in [5, 5.41) is 7.83. The van der Waals surface area contributed by atoms with Crippen molar-refractivity contribution in [1.82, 2.24) is 15.6 Å². The van der Waals surface area contributed by atoms with Gasteiger partial charge in [-0.15, -0.1) is 35.3 Å². The number of thiazole rings is 1. The quantitative estimate of drug-likeness (QED) is 0.247. The van der Waals surface area contributed by atoms with Gasteiger partial charge in [-0.05, 0) is 31.8 Å². The lowest BCUT2D eigenvalue weighted by molar-refractivity contribution is 0.734. The first-order valence-corrected chi connectivity index (χ1v) is 10.4. The van der Waals surface area contributed by atoms with Gasteiger partial charge in [0.1, 0.15) is 5.01 Å². The van der Waals surface area contributed by atoms with Crippen molar-refractivity contribution in [2.24, 2.45) is 4.99 Å². The second-order valence-corrected chi connectivity index (χ2v) is 7.52. The van der Waals surface area contributed by atoms with Crippen LogP contribution in [-0.4, -0.2) is 36.5 Å². The van der Waals surface area contributed by atoms with Gasteiger partial charge in [0, 0.05) is 24.0 Å². The zero-order chi connectivity index (χ0) is 17.2. The van der Waals surface area contributed by atoms with E-state index >= 15 is 0 Å². The van der Waals surface area contributed by atoms with Gasteiger partial charge >= 0.3 is 0 Å². The molecule has 0 aliphatic rings. The Hall–Kier alpha value is -0.800. The minimum Gasteiger partial charge on any atom is -0.356 e. The minimum atomic E-state index is 0. The highest BCUT2D eigenvalue weighted by Crippen LogP contribution is 2.27. The van der Waals surface area contributed by atoms with Gasteiger partial charge < -0.3 is 10.6 Å². The van der Waals surface area contributed by atoms with Crippen LogP contribution in [0.3, 0.4) is 0 Å². The maximum Gasteiger partial charge on any atom is 0.191 e. The number of nitrogens with one attached hydrogen (secondary N) is 2. The van der Waals surface area contributed by atoms with E-state index in [1.54, 1.807) is 11.3 Å². The average Bonchev–Trinajstić information content (AvgIpc) is 2.99. The van der Waals surface area contributed by atoms with Crippen LogP contribution in [0.25, 0.3) is 10.6 Å². The highest BCUT2D eigenvalue weighted by molar-refractivity contribution is 14.0. The summed E-state index contributed by atoms with van der Waals surface area (Å²) in [6.07, 6.45) is 4.55. The van der Waals surface area contributed by atoms with E-state index in [-0.39, 0.29) is 24.0 Å². The Morgan fingerprint density at radius 1 is 1.20 bits per heavy atom. The number of rotatable bonds is 8. The lowest BCUT2D eigenvalue weighted by Gasteiger charge is -2.11. The number of aliphatic imine (C=N–C) groups is 1. The Bertz CT molecular complexity index is 644. The minimum absolute atomic E-state index is 0. The highest BCUT2D eigenvalue weighted by atomic mass is 127. The first-order valence-electron chi connectivity index (χ1n) is 8.19. The summed E-state index contributed by atoms with van der Waals surface area (Å²) < 4.78 is 0. The molecule has 0 aliphatic carbocycles. The van der Waals surface area contributed by atoms with Gasteiger partial charge in [0.05, 0.1) is 12.2 Å². The number of aromatic nitrogens is 1. The molecule has 138 valence electrons. The number of aryl methyl sites for hydroxylation is 1. The first kappa shape index (κ1) is 22.2. The number of benzene rings is 1. The fourth-order valence-electron chi connectivity index (χ4n) is 2.26. The predicted octanol–water partition coefficient (Wildman–Crippen LogP) is 4.54. The van der Waals surface area contributed by atoms with E-state index in [4.69, 9.17) is 4.98 Å². The molecule has 2 rings (SSSR count). The summed E-state index contributed by atoms with van der Waals surface area (Å²) in [6.45, 7) is 3.77. The van der Waals surface area contributed by atoms with Crippen LogP contribution in [0, 0.1) is 6.92 Å². The van der Waals surface area contributed by atoms with E-state index in [0.717, 1.165) is 29.8 Å². The van der Waals surface area contributed by atoms with Gasteiger partial charge in [0.25, 0.3) is 0 Å². The summed E-state index contributed by atoms with van der Waals surface area (Å²) >= 11 is 3.64. The summed E-state index contributed by atoms with van der Waals surface area (Å²) in [6, 6.07) is 10.3. The molecule has 0 amide bonds. The Morgan fingerprint density at radius 3 is 2.64 bits per heavy atom. The Morgan fingerprint density at radius 2 is 1.96 bits per heavy atom. The third kappa shape index (κ3) is 7.53. The van der Waals surface area contributed by atoms with Crippen LogP contribution in [-0.2, 0) is 6.54 Å². The van der Waals surface area contributed by atoms with Crippen molar-refractivity contribution in [3.8, 4) is 10.6 Å². The monoisotopic (exact) mass is 490 g/mol. The summed E-state index contributed by atoms with van der Waals surface area (Å²) in [5.74, 6) is 2.07. The highest BCUT2D eigenvalue weighted by Gasteiger charge is 2.09. The summed E-state index contributed by atoms with van der Waals surface area (Å²) in [7, 11) is 1.81. The molecule has 25 heavy (non-hydrogen) atoms. The van der Waals surface area contributed by atoms with E-state index in [1.807, 2.05) is 37.0 Å². The molecule has 0 aliphatic heterocycles. The second kappa shape index (κ2) is 12.5. The van der Waals surface area contributed by atoms with Crippen molar-refractivity contribution < 1.29 is 0 Å². The molecular formula is C18H27IN4S2. The third-order valence-electron chi connectivity index (χ3n) is 3.62. The maximum atomic E-state index is 4.70. The van der Waals surface area contributed by atoms with Gasteiger partial charge in [0.15, 0.2) is 5.96 Å². The molecule has 0 spiro atoms. The van der Waals surface area contributed by atoms with Crippen LogP contribution in [0.4, 0.5) is 0 Å². The van der Waals surface area contributed by atoms with Crippen LogP contribution in [0.5, 0.6) is 0 Å². The lowest BCUT2D eigenvalue weighted by atomic mass is 10.2. The molecule has 0 fully saturated rings. The number of guanidine groups is 1. The molecule has 1 aromatic heterocycles. The van der Waals surface area contributed by atoms with Crippen molar-refractivity contribution in [3.05, 3.63) is 40.9 Å². The van der Waals surface area contributed by atoms with Crippen molar-refractivity contribution >= 4 is 53.0 Å². The number of thioether (sulfide) groups is 1. The maximum absolute atomic E-state index is 4.70. The van der Waals surface area contributed by atoms with E-state index in [1.165, 1.54) is 29.0 Å². The Kier molecular flexibility index (Phi) is 11.2. The van der Waals surface area contributed by atoms with Crippen molar-refractivity contribution in [2.45, 2.75) is 26.3 Å². The van der Waals surface area contributed by atoms with E-state index < -0.39 is 0 Å². The number of halogens is 1. The zero-order valence-corrected chi connectivity index (χ0v) is 19.0. The smallest absolute Gasteiger partial charge is 0.191 e. The molecule has 1 heterocycles. The molecule has 1 aromatic carbocycles. The van der Waals surface area contributed by atoms with Crippen molar-refractivity contribution in [1.29, 1.82) is 0 Å². The van der Waals surface area contributed by atoms with Gasteiger partial charge in [-0.3, -0.25) is 4.99 Å². The fourth-order valence-corrected chi connectivity index (χ4v) is 3.76. The van der Waals surface area contributed by atoms with Crippen LogP contribution < -0.4 is 10.6 Å². The topological polar surface area (TPSA) is 49.3 Å². The average molecular weight is 490 g/mol. The van der Waals surface area contributed by atoms with Crippen LogP contribution in [0.2, 0.25) is 0 Å². The van der Waals surface area contributed by atoms with Gasteiger partial charge in [-0.1, -0.05) is 30.3 Å². The van der Waals surface area contributed by atoms with E-state index in [9.17, 15) is 0 Å². The number of unbranched alkanes of at least 4 members (excludes halogenated alkanes) is 1. The molecule has 2 aromatic rings. The number of hydrogen-bond donors (Lipinski definition) is 2. The predicted molar refractivity (Wildman–Crippen MR) is 124 cm³/mol.